The van der Waals surface area contributed by atoms with Crippen molar-refractivity contribution in [3.63, 3.8) is 0 Å². The van der Waals surface area contributed by atoms with Crippen molar-refractivity contribution in [1.82, 2.24) is 20.5 Å². The lowest BCUT2D eigenvalue weighted by molar-refractivity contribution is -0.144. The third kappa shape index (κ3) is 5.82. The zero-order valence-electron chi connectivity index (χ0n) is 20.6. The highest BCUT2D eigenvalue weighted by molar-refractivity contribution is 7.13. The van der Waals surface area contributed by atoms with Gasteiger partial charge in [0.05, 0.1) is 28.2 Å². The van der Waals surface area contributed by atoms with Crippen molar-refractivity contribution in [3.8, 4) is 10.4 Å². The molecule has 0 saturated carbocycles. The van der Waals surface area contributed by atoms with Gasteiger partial charge in [-0.15, -0.1) is 11.3 Å². The summed E-state index contributed by atoms with van der Waals surface area (Å²) in [6.45, 7) is 10.8. The van der Waals surface area contributed by atoms with Crippen LogP contribution in [-0.2, 0) is 14.4 Å². The first-order chi connectivity index (χ1) is 15.9. The number of aryl methyl sites for hydroxylation is 1. The van der Waals surface area contributed by atoms with Crippen LogP contribution in [0.3, 0.4) is 0 Å². The van der Waals surface area contributed by atoms with Crippen LogP contribution in [0.1, 0.15) is 58.3 Å². The topological polar surface area (TPSA) is 112 Å². The van der Waals surface area contributed by atoms with Gasteiger partial charge in [-0.3, -0.25) is 14.4 Å². The fraction of sp³-hybridized carbons (Fsp3) is 0.520. The molecule has 0 aliphatic carbocycles. The molecular weight excluding hydrogens is 452 g/mol. The van der Waals surface area contributed by atoms with Gasteiger partial charge < -0.3 is 20.6 Å². The number of β-amino-alcohol motifs (C(OH)–C–C–N with tert-alkyl or cyclic N) is 1. The lowest BCUT2D eigenvalue weighted by Crippen LogP contribution is -2.57. The van der Waals surface area contributed by atoms with Crippen LogP contribution in [0.5, 0.6) is 0 Å². The molecule has 1 aliphatic rings. The average Bonchev–Trinajstić information content (AvgIpc) is 3.36. The number of aliphatic hydroxyl groups excluding tert-OH is 1. The monoisotopic (exact) mass is 486 g/mol. The van der Waals surface area contributed by atoms with Gasteiger partial charge in [-0.25, -0.2) is 4.98 Å². The van der Waals surface area contributed by atoms with Crippen molar-refractivity contribution >= 4 is 29.1 Å². The summed E-state index contributed by atoms with van der Waals surface area (Å²) in [7, 11) is 0. The van der Waals surface area contributed by atoms with Crippen LogP contribution in [0, 0.1) is 12.3 Å². The van der Waals surface area contributed by atoms with Gasteiger partial charge in [0.2, 0.25) is 17.7 Å². The average molecular weight is 487 g/mol. The minimum atomic E-state index is -0.803. The molecular formula is C25H34N4O4S. The molecule has 1 saturated heterocycles. The van der Waals surface area contributed by atoms with Gasteiger partial charge in [0, 0.05) is 19.9 Å². The molecule has 184 valence electrons. The van der Waals surface area contributed by atoms with E-state index < -0.39 is 23.6 Å². The van der Waals surface area contributed by atoms with Crippen molar-refractivity contribution in [2.75, 3.05) is 6.54 Å². The molecule has 0 radical (unpaired) electrons. The predicted molar refractivity (Wildman–Crippen MR) is 132 cm³/mol. The normalized spacial score (nSPS) is 20.0. The van der Waals surface area contributed by atoms with E-state index in [4.69, 9.17) is 0 Å². The molecule has 4 atom stereocenters. The third-order valence-corrected chi connectivity index (χ3v) is 7.08. The molecule has 2 aromatic rings. The molecule has 2 unspecified atom stereocenters. The maximum absolute atomic E-state index is 13.3. The van der Waals surface area contributed by atoms with E-state index in [0.29, 0.717) is 0 Å². The number of rotatable bonds is 6. The molecule has 2 heterocycles. The molecule has 3 N–H and O–H groups in total. The summed E-state index contributed by atoms with van der Waals surface area (Å²) in [5.74, 6) is -1.01. The number of nitrogens with zero attached hydrogens (tertiary/aromatic N) is 2. The maximum Gasteiger partial charge on any atom is 0.246 e. The van der Waals surface area contributed by atoms with E-state index in [0.717, 1.165) is 21.7 Å². The van der Waals surface area contributed by atoms with Crippen LogP contribution in [0.25, 0.3) is 10.4 Å². The Morgan fingerprint density at radius 1 is 1.18 bits per heavy atom. The van der Waals surface area contributed by atoms with E-state index in [2.05, 4.69) is 15.6 Å². The lowest BCUT2D eigenvalue weighted by Gasteiger charge is -2.35. The van der Waals surface area contributed by atoms with Crippen LogP contribution in [0.2, 0.25) is 0 Å². The van der Waals surface area contributed by atoms with E-state index in [1.807, 2.05) is 64.4 Å². The second kappa shape index (κ2) is 10.2. The number of likely N-dealkylation sites (tertiary alicyclic amines) is 1. The first kappa shape index (κ1) is 25.8. The van der Waals surface area contributed by atoms with E-state index in [-0.39, 0.29) is 36.7 Å². The van der Waals surface area contributed by atoms with Crippen molar-refractivity contribution in [2.24, 2.45) is 5.41 Å². The van der Waals surface area contributed by atoms with Crippen molar-refractivity contribution in [3.05, 3.63) is 41.0 Å². The molecule has 1 aliphatic heterocycles. The van der Waals surface area contributed by atoms with Crippen LogP contribution >= 0.6 is 11.3 Å². The molecule has 3 amide bonds. The Kier molecular flexibility index (Phi) is 7.77. The highest BCUT2D eigenvalue weighted by Crippen LogP contribution is 2.29. The van der Waals surface area contributed by atoms with E-state index in [9.17, 15) is 19.5 Å². The minimum Gasteiger partial charge on any atom is -0.391 e. The molecule has 0 spiro atoms. The molecule has 34 heavy (non-hydrogen) atoms. The Balaban J connectivity index is 1.72. The summed E-state index contributed by atoms with van der Waals surface area (Å²) in [5.41, 5.74) is 4.26. The molecule has 9 heteroatoms. The summed E-state index contributed by atoms with van der Waals surface area (Å²) in [5, 5.41) is 16.0. The van der Waals surface area contributed by atoms with E-state index >= 15 is 0 Å². The number of benzene rings is 1. The molecule has 1 aromatic carbocycles. The Morgan fingerprint density at radius 3 is 2.35 bits per heavy atom. The number of hydrogen-bond acceptors (Lipinski definition) is 6. The quantitative estimate of drug-likeness (QED) is 0.581. The smallest absolute Gasteiger partial charge is 0.246 e. The van der Waals surface area contributed by atoms with Gasteiger partial charge in [0.1, 0.15) is 12.1 Å². The molecule has 8 nitrogen and oxygen atoms in total. The maximum atomic E-state index is 13.3. The minimum absolute atomic E-state index is 0.0559. The van der Waals surface area contributed by atoms with Gasteiger partial charge in [-0.05, 0) is 30.4 Å². The fourth-order valence-corrected chi connectivity index (χ4v) is 5.03. The Labute approximate surface area is 204 Å². The largest absolute Gasteiger partial charge is 0.391 e. The third-order valence-electron chi connectivity index (χ3n) is 6.10. The van der Waals surface area contributed by atoms with Gasteiger partial charge in [-0.2, -0.15) is 0 Å². The second-order valence-corrected chi connectivity index (χ2v) is 10.9. The summed E-state index contributed by atoms with van der Waals surface area (Å²) in [6, 6.07) is 6.07. The number of aromatic nitrogens is 1. The Morgan fingerprint density at radius 2 is 1.82 bits per heavy atom. The number of aliphatic hydroxyl groups is 1. The first-order valence-corrected chi connectivity index (χ1v) is 12.3. The number of carbonyl (C=O) groups is 3. The SMILES string of the molecule is CC(=O)N[C@H](C(=O)N1CC(O)CC1C(=O)N[C@@H](C)c1ccc(-c2scnc2C)cc1)C(C)(C)C. The molecule has 1 fully saturated rings. The second-order valence-electron chi connectivity index (χ2n) is 10.0. The Hall–Kier alpha value is -2.78. The van der Waals surface area contributed by atoms with Gasteiger partial charge in [0.25, 0.3) is 0 Å². The summed E-state index contributed by atoms with van der Waals surface area (Å²) >= 11 is 1.59. The number of carbonyl (C=O) groups excluding carboxylic acids is 3. The number of hydrogen-bond donors (Lipinski definition) is 3. The van der Waals surface area contributed by atoms with Crippen LogP contribution < -0.4 is 10.6 Å². The van der Waals surface area contributed by atoms with E-state index in [1.54, 1.807) is 11.3 Å². The highest BCUT2D eigenvalue weighted by atomic mass is 32.1. The van der Waals surface area contributed by atoms with Gasteiger partial charge in [-0.1, -0.05) is 45.0 Å². The molecule has 0 bridgehead atoms. The fourth-order valence-electron chi connectivity index (χ4n) is 4.22. The first-order valence-electron chi connectivity index (χ1n) is 11.4. The number of nitrogens with one attached hydrogen (secondary N) is 2. The predicted octanol–water partition coefficient (Wildman–Crippen LogP) is 2.81. The highest BCUT2D eigenvalue weighted by Gasteiger charge is 2.44. The van der Waals surface area contributed by atoms with Crippen LogP contribution in [-0.4, -0.2) is 57.4 Å². The van der Waals surface area contributed by atoms with E-state index in [1.165, 1.54) is 11.8 Å². The van der Waals surface area contributed by atoms with Crippen molar-refractivity contribution < 1.29 is 19.5 Å². The van der Waals surface area contributed by atoms with Gasteiger partial charge >= 0.3 is 0 Å². The van der Waals surface area contributed by atoms with Crippen LogP contribution in [0.4, 0.5) is 0 Å². The summed E-state index contributed by atoms with van der Waals surface area (Å²) in [6.07, 6.45) is -0.639. The van der Waals surface area contributed by atoms with Gasteiger partial charge in [0.15, 0.2) is 0 Å². The summed E-state index contributed by atoms with van der Waals surface area (Å²) < 4.78 is 0. The zero-order valence-corrected chi connectivity index (χ0v) is 21.4. The molecule has 1 aromatic heterocycles. The standard InChI is InChI=1S/C25H34N4O4S/c1-14(17-7-9-18(10-8-17)21-15(2)26-13-34-21)27-23(32)20-11-19(31)12-29(20)24(33)22(25(4,5)6)28-16(3)30/h7-10,13-14,19-20,22,31H,11-12H2,1-6H3,(H,27,32)(H,28,30)/t14-,19?,20?,22+/m0/s1. The van der Waals surface area contributed by atoms with Crippen LogP contribution in [0.15, 0.2) is 29.8 Å². The molecule has 3 rings (SSSR count). The number of thiazole rings is 1. The van der Waals surface area contributed by atoms with Crippen molar-refractivity contribution in [2.45, 2.75) is 72.2 Å². The zero-order chi connectivity index (χ0) is 25.2. The Bertz CT molecular complexity index is 1040. The number of amides is 3. The summed E-state index contributed by atoms with van der Waals surface area (Å²) in [4.78, 5) is 45.0. The van der Waals surface area contributed by atoms with Crippen molar-refractivity contribution in [1.29, 1.82) is 0 Å². The lowest BCUT2D eigenvalue weighted by atomic mass is 9.85.